The standard InChI is InChI=1S/C33H34N4O3S/c1-33(2,3)40-32(39)36-14-11-22(12-15-36)25-19-35-31(34)29-26(20-41-30(25)29)23-9-10-27-24(18-23)13-16-37(27)28(38)17-21-7-5-4-6-8-21/h4-11,18-20H,12-17H2,1-3H3,(H2,34,35). The topological polar surface area (TPSA) is 88.8 Å². The fraction of sp³-hybridized carbons (Fsp3) is 0.303. The third kappa shape index (κ3) is 5.44. The number of nitrogens with two attached hydrogens (primary N) is 1. The van der Waals surface area contributed by atoms with Crippen LogP contribution in [0.25, 0.3) is 26.8 Å². The number of amides is 2. The second-order valence-corrected chi connectivity index (χ2v) is 12.5. The van der Waals surface area contributed by atoms with Crippen LogP contribution < -0.4 is 10.6 Å². The van der Waals surface area contributed by atoms with E-state index in [1.54, 1.807) is 16.2 Å². The molecule has 0 unspecified atom stereocenters. The summed E-state index contributed by atoms with van der Waals surface area (Å²) in [5.41, 5.74) is 13.5. The fourth-order valence-corrected chi connectivity index (χ4v) is 6.74. The molecule has 4 heterocycles. The first-order valence-corrected chi connectivity index (χ1v) is 14.9. The molecule has 0 radical (unpaired) electrons. The number of nitrogen functional groups attached to an aromatic ring is 1. The van der Waals surface area contributed by atoms with Crippen LogP contribution in [0.4, 0.5) is 16.3 Å². The number of carbonyl (C=O) groups is 2. The smallest absolute Gasteiger partial charge is 0.410 e. The maximum Gasteiger partial charge on any atom is 0.410 e. The van der Waals surface area contributed by atoms with Crippen LogP contribution in [0.5, 0.6) is 0 Å². The zero-order valence-electron chi connectivity index (χ0n) is 23.6. The van der Waals surface area contributed by atoms with E-state index in [1.807, 2.05) is 62.2 Å². The Kier molecular flexibility index (Phi) is 7.03. The number of thiophene rings is 1. The van der Waals surface area contributed by atoms with Gasteiger partial charge < -0.3 is 20.3 Å². The van der Waals surface area contributed by atoms with E-state index >= 15 is 0 Å². The molecule has 0 saturated carbocycles. The zero-order chi connectivity index (χ0) is 28.7. The summed E-state index contributed by atoms with van der Waals surface area (Å²) in [7, 11) is 0. The van der Waals surface area contributed by atoms with Crippen molar-refractivity contribution in [1.82, 2.24) is 9.88 Å². The molecule has 0 bridgehead atoms. The average Bonchev–Trinajstić information content (AvgIpc) is 3.58. The summed E-state index contributed by atoms with van der Waals surface area (Å²) in [4.78, 5) is 33.8. The molecule has 2 N–H and O–H groups in total. The average molecular weight is 567 g/mol. The van der Waals surface area contributed by atoms with Crippen LogP contribution in [0, 0.1) is 0 Å². The molecule has 2 aromatic carbocycles. The summed E-state index contributed by atoms with van der Waals surface area (Å²) in [6.45, 7) is 7.42. The van der Waals surface area contributed by atoms with Crippen LogP contribution in [0.3, 0.4) is 0 Å². The highest BCUT2D eigenvalue weighted by atomic mass is 32.1. The second kappa shape index (κ2) is 10.7. The van der Waals surface area contributed by atoms with Gasteiger partial charge in [-0.15, -0.1) is 11.3 Å². The summed E-state index contributed by atoms with van der Waals surface area (Å²) in [5.74, 6) is 0.625. The minimum Gasteiger partial charge on any atom is -0.444 e. The Morgan fingerprint density at radius 2 is 1.85 bits per heavy atom. The van der Waals surface area contributed by atoms with E-state index in [1.165, 1.54) is 5.56 Å². The van der Waals surface area contributed by atoms with Gasteiger partial charge >= 0.3 is 6.09 Å². The highest BCUT2D eigenvalue weighted by Gasteiger charge is 2.27. The molecule has 8 heteroatoms. The number of hydrogen-bond acceptors (Lipinski definition) is 6. The number of fused-ring (bicyclic) bond motifs is 2. The largest absolute Gasteiger partial charge is 0.444 e. The van der Waals surface area contributed by atoms with Gasteiger partial charge in [0.05, 0.1) is 6.42 Å². The maximum atomic E-state index is 13.1. The van der Waals surface area contributed by atoms with Crippen molar-refractivity contribution in [1.29, 1.82) is 0 Å². The van der Waals surface area contributed by atoms with Gasteiger partial charge in [-0.3, -0.25) is 4.79 Å². The molecule has 210 valence electrons. The maximum absolute atomic E-state index is 13.1. The third-order valence-electron chi connectivity index (χ3n) is 7.62. The van der Waals surface area contributed by atoms with E-state index in [0.717, 1.165) is 56.4 Å². The molecule has 0 atom stereocenters. The van der Waals surface area contributed by atoms with Crippen LogP contribution in [0.15, 0.2) is 66.2 Å². The number of anilines is 2. The predicted octanol–water partition coefficient (Wildman–Crippen LogP) is 6.70. The molecule has 2 aliphatic heterocycles. The van der Waals surface area contributed by atoms with Crippen molar-refractivity contribution in [3.05, 3.63) is 82.9 Å². The van der Waals surface area contributed by atoms with Crippen molar-refractivity contribution in [2.45, 2.75) is 45.6 Å². The van der Waals surface area contributed by atoms with Crippen molar-refractivity contribution in [2.24, 2.45) is 0 Å². The number of ether oxygens (including phenoxy) is 1. The number of aromatic nitrogens is 1. The van der Waals surface area contributed by atoms with Crippen molar-refractivity contribution < 1.29 is 14.3 Å². The summed E-state index contributed by atoms with van der Waals surface area (Å²) >= 11 is 1.67. The summed E-state index contributed by atoms with van der Waals surface area (Å²) in [5, 5.41) is 3.11. The zero-order valence-corrected chi connectivity index (χ0v) is 24.5. The highest BCUT2D eigenvalue weighted by molar-refractivity contribution is 7.18. The van der Waals surface area contributed by atoms with Crippen LogP contribution in [-0.2, 0) is 22.4 Å². The van der Waals surface area contributed by atoms with E-state index in [4.69, 9.17) is 10.5 Å². The van der Waals surface area contributed by atoms with Gasteiger partial charge in [-0.25, -0.2) is 9.78 Å². The van der Waals surface area contributed by atoms with E-state index in [9.17, 15) is 9.59 Å². The number of carbonyl (C=O) groups excluding carboxylic acids is 2. The van der Waals surface area contributed by atoms with Gasteiger partial charge in [-0.05, 0) is 73.4 Å². The molecule has 0 spiro atoms. The van der Waals surface area contributed by atoms with Gasteiger partial charge in [0.2, 0.25) is 5.91 Å². The van der Waals surface area contributed by atoms with E-state index in [2.05, 4.69) is 34.6 Å². The van der Waals surface area contributed by atoms with Crippen LogP contribution in [0.1, 0.15) is 43.9 Å². The number of benzene rings is 2. The lowest BCUT2D eigenvalue weighted by atomic mass is 9.97. The first-order valence-electron chi connectivity index (χ1n) is 14.0. The molecule has 2 aliphatic rings. The Bertz CT molecular complexity index is 1670. The lowest BCUT2D eigenvalue weighted by molar-refractivity contribution is -0.117. The molecule has 0 saturated heterocycles. The third-order valence-corrected chi connectivity index (χ3v) is 8.63. The summed E-state index contributed by atoms with van der Waals surface area (Å²) in [6, 6.07) is 16.2. The predicted molar refractivity (Wildman–Crippen MR) is 166 cm³/mol. The van der Waals surface area contributed by atoms with Crippen LogP contribution in [0.2, 0.25) is 0 Å². The van der Waals surface area contributed by atoms with Gasteiger partial charge in [-0.2, -0.15) is 0 Å². The van der Waals surface area contributed by atoms with E-state index in [-0.39, 0.29) is 12.0 Å². The highest BCUT2D eigenvalue weighted by Crippen LogP contribution is 2.43. The Morgan fingerprint density at radius 3 is 2.59 bits per heavy atom. The molecular weight excluding hydrogens is 532 g/mol. The molecule has 41 heavy (non-hydrogen) atoms. The van der Waals surface area contributed by atoms with Gasteiger partial charge in [0.25, 0.3) is 0 Å². The Hall–Kier alpha value is -4.17. The molecule has 6 rings (SSSR count). The van der Waals surface area contributed by atoms with E-state index < -0.39 is 5.60 Å². The monoisotopic (exact) mass is 566 g/mol. The molecule has 0 fully saturated rings. The Labute approximate surface area is 244 Å². The minimum absolute atomic E-state index is 0.118. The van der Waals surface area contributed by atoms with Crippen molar-refractivity contribution >= 4 is 50.5 Å². The van der Waals surface area contributed by atoms with Gasteiger partial charge in [0, 0.05) is 52.7 Å². The fourth-order valence-electron chi connectivity index (χ4n) is 5.61. The van der Waals surface area contributed by atoms with Crippen molar-refractivity contribution in [2.75, 3.05) is 30.3 Å². The molecule has 0 aliphatic carbocycles. The SMILES string of the molecule is CC(C)(C)OC(=O)N1CC=C(c2cnc(N)c3c(-c4ccc5c(c4)CCN5C(=O)Cc4ccccc4)csc23)CC1. The molecule has 4 aromatic rings. The molecule has 2 amide bonds. The number of hydrogen-bond donors (Lipinski definition) is 1. The number of rotatable bonds is 4. The summed E-state index contributed by atoms with van der Waals surface area (Å²) in [6.07, 6.45) is 5.60. The molecule has 7 nitrogen and oxygen atoms in total. The van der Waals surface area contributed by atoms with Crippen LogP contribution >= 0.6 is 11.3 Å². The van der Waals surface area contributed by atoms with Gasteiger partial charge in [0.15, 0.2) is 0 Å². The molecular formula is C33H34N4O3S. The van der Waals surface area contributed by atoms with Crippen molar-refractivity contribution in [3.8, 4) is 11.1 Å². The van der Waals surface area contributed by atoms with Gasteiger partial charge in [-0.1, -0.05) is 42.5 Å². The summed E-state index contributed by atoms with van der Waals surface area (Å²) < 4.78 is 6.65. The quantitative estimate of drug-likeness (QED) is 0.297. The normalized spacial score (nSPS) is 15.1. The minimum atomic E-state index is -0.519. The Balaban J connectivity index is 1.25. The van der Waals surface area contributed by atoms with Crippen molar-refractivity contribution in [3.63, 3.8) is 0 Å². The number of pyridine rings is 1. The van der Waals surface area contributed by atoms with E-state index in [0.29, 0.717) is 31.9 Å². The van der Waals surface area contributed by atoms with Crippen LogP contribution in [-0.4, -0.2) is 47.1 Å². The first kappa shape index (κ1) is 27.0. The first-order chi connectivity index (χ1) is 19.7. The molecule has 2 aromatic heterocycles. The van der Waals surface area contributed by atoms with Gasteiger partial charge in [0.1, 0.15) is 11.4 Å². The second-order valence-electron chi connectivity index (χ2n) is 11.6. The Morgan fingerprint density at radius 1 is 1.05 bits per heavy atom. The number of nitrogens with zero attached hydrogens (tertiary/aromatic N) is 3. The lowest BCUT2D eigenvalue weighted by Gasteiger charge is -2.29. The lowest BCUT2D eigenvalue weighted by Crippen LogP contribution is -2.39.